The third-order valence-corrected chi connectivity index (χ3v) is 4.10. The van der Waals surface area contributed by atoms with E-state index in [-0.39, 0.29) is 11.6 Å². The summed E-state index contributed by atoms with van der Waals surface area (Å²) in [5.74, 6) is -0.162. The number of benzene rings is 1. The zero-order chi connectivity index (χ0) is 21.2. The number of aromatic nitrogens is 3. The predicted octanol–water partition coefficient (Wildman–Crippen LogP) is 2.82. The Hall–Kier alpha value is -3.73. The maximum Gasteiger partial charge on any atom is 0.410 e. The number of H-pyrrole nitrogens is 1. The van der Waals surface area contributed by atoms with Gasteiger partial charge in [-0.2, -0.15) is 5.10 Å². The number of rotatable bonds is 5. The summed E-state index contributed by atoms with van der Waals surface area (Å²) < 4.78 is 13.2. The highest BCUT2D eigenvalue weighted by molar-refractivity contribution is 5.98. The molecule has 0 aliphatic carbocycles. The number of urea groups is 1. The number of nitrogens with one attached hydrogen (secondary N) is 4. The third-order valence-electron chi connectivity index (χ3n) is 4.10. The molecule has 3 amide bonds. The molecule has 0 radical (unpaired) electrons. The van der Waals surface area contributed by atoms with E-state index in [2.05, 4.69) is 31.1 Å². The smallest absolute Gasteiger partial charge is 0.410 e. The van der Waals surface area contributed by atoms with Crippen molar-refractivity contribution in [1.82, 2.24) is 20.5 Å². The lowest BCUT2D eigenvalue weighted by Gasteiger charge is -2.30. The van der Waals surface area contributed by atoms with E-state index in [0.29, 0.717) is 16.5 Å². The topological polar surface area (TPSA) is 152 Å². The zero-order valence-electron chi connectivity index (χ0n) is 15.5. The number of anilines is 2. The molecule has 11 heteroatoms. The number of carbonyl (C=O) groups excluding carboxylic acids is 1. The van der Waals surface area contributed by atoms with Crippen LogP contribution in [0, 0.1) is 5.82 Å². The summed E-state index contributed by atoms with van der Waals surface area (Å²) in [6, 6.07) is 5.45. The highest BCUT2D eigenvalue weighted by Crippen LogP contribution is 2.26. The maximum atomic E-state index is 13.2. The van der Waals surface area contributed by atoms with Gasteiger partial charge in [0.25, 0.3) is 0 Å². The molecule has 6 N–H and O–H groups in total. The van der Waals surface area contributed by atoms with Gasteiger partial charge >= 0.3 is 12.1 Å². The first-order chi connectivity index (χ1) is 13.6. The minimum atomic E-state index is -1.33. The number of hydrogen-bond donors (Lipinski definition) is 6. The van der Waals surface area contributed by atoms with Crippen molar-refractivity contribution in [2.75, 3.05) is 10.6 Å². The molecule has 152 valence electrons. The number of nitrogens with zero attached hydrogens (tertiary/aromatic N) is 2. The van der Waals surface area contributed by atoms with E-state index in [1.54, 1.807) is 0 Å². The van der Waals surface area contributed by atoms with Crippen LogP contribution in [0.4, 0.5) is 25.6 Å². The van der Waals surface area contributed by atoms with Crippen molar-refractivity contribution >= 4 is 34.7 Å². The molecule has 0 unspecified atom stereocenters. The molecule has 10 nitrogen and oxygen atoms in total. The lowest BCUT2D eigenvalue weighted by Crippen LogP contribution is -2.43. The zero-order valence-corrected chi connectivity index (χ0v) is 15.5. The fourth-order valence-corrected chi connectivity index (χ4v) is 2.78. The van der Waals surface area contributed by atoms with Gasteiger partial charge in [0.05, 0.1) is 22.5 Å². The van der Waals surface area contributed by atoms with Crippen molar-refractivity contribution in [1.29, 1.82) is 0 Å². The van der Waals surface area contributed by atoms with Crippen molar-refractivity contribution in [2.24, 2.45) is 0 Å². The number of halogens is 1. The first-order valence-electron chi connectivity index (χ1n) is 8.53. The average Bonchev–Trinajstić information content (AvgIpc) is 3.01. The SMILES string of the molecule is CC(C)(O)[C@@H](NC(=O)Nc1cc2[nH]nc(NC(=O)O)c2cn1)c1ccc(F)cc1. The summed E-state index contributed by atoms with van der Waals surface area (Å²) >= 11 is 0. The molecular weight excluding hydrogens is 383 g/mol. The van der Waals surface area contributed by atoms with Crippen LogP contribution >= 0.6 is 0 Å². The number of carbonyl (C=O) groups is 2. The van der Waals surface area contributed by atoms with Crippen LogP contribution in [0.2, 0.25) is 0 Å². The minimum Gasteiger partial charge on any atom is -0.465 e. The monoisotopic (exact) mass is 402 g/mol. The summed E-state index contributed by atoms with van der Waals surface area (Å²) in [7, 11) is 0. The number of carboxylic acid groups (broad SMARTS) is 1. The summed E-state index contributed by atoms with van der Waals surface area (Å²) in [6.45, 7) is 3.04. The van der Waals surface area contributed by atoms with E-state index < -0.39 is 29.6 Å². The molecule has 0 fully saturated rings. The molecule has 2 aromatic heterocycles. The first kappa shape index (κ1) is 20.0. The van der Waals surface area contributed by atoms with Crippen LogP contribution in [0.5, 0.6) is 0 Å². The Morgan fingerprint density at radius 3 is 2.52 bits per heavy atom. The van der Waals surface area contributed by atoms with Crippen molar-refractivity contribution in [2.45, 2.75) is 25.5 Å². The van der Waals surface area contributed by atoms with Crippen molar-refractivity contribution in [3.8, 4) is 0 Å². The van der Waals surface area contributed by atoms with E-state index in [9.17, 15) is 19.1 Å². The lowest BCUT2D eigenvalue weighted by atomic mass is 9.92. The standard InChI is InChI=1S/C18H19FN6O4/c1-18(2,29)14(9-3-5-10(19)6-4-9)22-16(26)21-13-7-12-11(8-20-13)15(25-24-12)23-17(27)28/h3-8,14,29H,1-2H3,(H,27,28)(H2,23,24,25)(H2,20,21,22,26)/t14-/m0/s1. The van der Waals surface area contributed by atoms with E-state index in [4.69, 9.17) is 5.11 Å². The molecule has 0 bridgehead atoms. The molecule has 0 aliphatic heterocycles. The van der Waals surface area contributed by atoms with Gasteiger partial charge in [0, 0.05) is 12.3 Å². The second-order valence-electron chi connectivity index (χ2n) is 6.85. The van der Waals surface area contributed by atoms with Crippen LogP contribution in [0.25, 0.3) is 10.9 Å². The molecule has 3 rings (SSSR count). The highest BCUT2D eigenvalue weighted by atomic mass is 19.1. The molecule has 0 saturated carbocycles. The molecule has 0 saturated heterocycles. The van der Waals surface area contributed by atoms with Gasteiger partial charge in [-0.1, -0.05) is 12.1 Å². The van der Waals surface area contributed by atoms with Gasteiger partial charge in [0.15, 0.2) is 5.82 Å². The molecule has 0 spiro atoms. The first-order valence-corrected chi connectivity index (χ1v) is 8.53. The Bertz CT molecular complexity index is 1040. The summed E-state index contributed by atoms with van der Waals surface area (Å²) in [4.78, 5) is 27.2. The predicted molar refractivity (Wildman–Crippen MR) is 103 cm³/mol. The highest BCUT2D eigenvalue weighted by Gasteiger charge is 2.30. The van der Waals surface area contributed by atoms with Gasteiger partial charge < -0.3 is 15.5 Å². The Balaban J connectivity index is 1.76. The summed E-state index contributed by atoms with van der Waals surface area (Å²) in [6.07, 6.45) is 0.0890. The molecule has 2 heterocycles. The van der Waals surface area contributed by atoms with Crippen molar-refractivity contribution < 1.29 is 24.2 Å². The fourth-order valence-electron chi connectivity index (χ4n) is 2.78. The molecule has 1 atom stereocenters. The Kier molecular flexibility index (Phi) is 5.33. The lowest BCUT2D eigenvalue weighted by molar-refractivity contribution is 0.0415. The molecule has 3 aromatic rings. The van der Waals surface area contributed by atoms with Crippen LogP contribution < -0.4 is 16.0 Å². The van der Waals surface area contributed by atoms with Gasteiger partial charge in [-0.25, -0.2) is 19.0 Å². The average molecular weight is 402 g/mol. The van der Waals surface area contributed by atoms with E-state index >= 15 is 0 Å². The molecule has 1 aromatic carbocycles. The summed E-state index contributed by atoms with van der Waals surface area (Å²) in [5, 5.41) is 33.4. The molecular formula is C18H19FN6O4. The van der Waals surface area contributed by atoms with Gasteiger partial charge in [-0.15, -0.1) is 0 Å². The number of aromatic amines is 1. The van der Waals surface area contributed by atoms with Crippen LogP contribution in [0.1, 0.15) is 25.5 Å². The normalized spacial score (nSPS) is 12.4. The third kappa shape index (κ3) is 4.76. The number of amides is 3. The maximum absolute atomic E-state index is 13.2. The Labute approximate surface area is 164 Å². The number of fused-ring (bicyclic) bond motifs is 1. The van der Waals surface area contributed by atoms with E-state index in [1.807, 2.05) is 0 Å². The van der Waals surface area contributed by atoms with Crippen LogP contribution in [-0.4, -0.2) is 43.1 Å². The van der Waals surface area contributed by atoms with Gasteiger partial charge in [-0.3, -0.25) is 15.7 Å². The summed E-state index contributed by atoms with van der Waals surface area (Å²) in [5.41, 5.74) is -0.347. The van der Waals surface area contributed by atoms with Crippen molar-refractivity contribution in [3.05, 3.63) is 47.9 Å². The van der Waals surface area contributed by atoms with E-state index in [1.165, 1.54) is 50.4 Å². The number of hydrogen-bond acceptors (Lipinski definition) is 5. The van der Waals surface area contributed by atoms with Gasteiger partial charge in [0.2, 0.25) is 0 Å². The Morgan fingerprint density at radius 1 is 1.21 bits per heavy atom. The second-order valence-corrected chi connectivity index (χ2v) is 6.85. The van der Waals surface area contributed by atoms with Crippen LogP contribution in [0.15, 0.2) is 36.5 Å². The second kappa shape index (κ2) is 7.72. The van der Waals surface area contributed by atoms with Crippen LogP contribution in [0.3, 0.4) is 0 Å². The van der Waals surface area contributed by atoms with Crippen molar-refractivity contribution in [3.63, 3.8) is 0 Å². The Morgan fingerprint density at radius 2 is 1.90 bits per heavy atom. The number of aliphatic hydroxyl groups is 1. The molecule has 29 heavy (non-hydrogen) atoms. The molecule has 0 aliphatic rings. The van der Waals surface area contributed by atoms with Crippen LogP contribution in [-0.2, 0) is 0 Å². The fraction of sp³-hybridized carbons (Fsp3) is 0.222. The van der Waals surface area contributed by atoms with E-state index in [0.717, 1.165) is 0 Å². The van der Waals surface area contributed by atoms with Gasteiger partial charge in [-0.05, 0) is 31.5 Å². The minimum absolute atomic E-state index is 0.0920. The largest absolute Gasteiger partial charge is 0.465 e. The van der Waals surface area contributed by atoms with Gasteiger partial charge in [0.1, 0.15) is 11.6 Å². The quantitative estimate of drug-likeness (QED) is 0.386. The number of pyridine rings is 1.